The summed E-state index contributed by atoms with van der Waals surface area (Å²) < 4.78 is 0. The van der Waals surface area contributed by atoms with Crippen LogP contribution in [0.4, 0.5) is 16.2 Å². The van der Waals surface area contributed by atoms with Gasteiger partial charge in [-0.05, 0) is 30.7 Å². The van der Waals surface area contributed by atoms with Gasteiger partial charge in [-0.2, -0.15) is 0 Å². The number of rotatable bonds is 5. The Bertz CT molecular complexity index is 554. The van der Waals surface area contributed by atoms with E-state index in [1.165, 1.54) is 16.7 Å². The number of urea groups is 1. The number of anilines is 2. The standard InChI is InChI=1S/C15H19N3O3/c1-3-4-9-17-14(20)10-18(15(17)21)13-7-5-12(6-8-13)16-11(2)19/h5-8H,3-4,9-10H2,1-2H3,(H,16,19). The van der Waals surface area contributed by atoms with E-state index in [0.717, 1.165) is 12.8 Å². The molecule has 0 radical (unpaired) electrons. The van der Waals surface area contributed by atoms with Gasteiger partial charge in [-0.3, -0.25) is 19.4 Å². The minimum absolute atomic E-state index is 0.0715. The summed E-state index contributed by atoms with van der Waals surface area (Å²) in [7, 11) is 0. The highest BCUT2D eigenvalue weighted by Crippen LogP contribution is 2.23. The maximum atomic E-state index is 12.2. The van der Waals surface area contributed by atoms with Gasteiger partial charge in [-0.1, -0.05) is 13.3 Å². The summed E-state index contributed by atoms with van der Waals surface area (Å²) in [6.07, 6.45) is 1.75. The Morgan fingerprint density at radius 2 is 1.90 bits per heavy atom. The lowest BCUT2D eigenvalue weighted by Gasteiger charge is -2.17. The van der Waals surface area contributed by atoms with Crippen molar-refractivity contribution in [3.05, 3.63) is 24.3 Å². The molecule has 1 saturated heterocycles. The van der Waals surface area contributed by atoms with Crippen molar-refractivity contribution in [2.45, 2.75) is 26.7 Å². The first-order valence-electron chi connectivity index (χ1n) is 7.02. The third-order valence-electron chi connectivity index (χ3n) is 3.29. The third kappa shape index (κ3) is 3.39. The van der Waals surface area contributed by atoms with Gasteiger partial charge in [0.05, 0.1) is 0 Å². The molecular weight excluding hydrogens is 270 g/mol. The molecule has 1 N–H and O–H groups in total. The summed E-state index contributed by atoms with van der Waals surface area (Å²) in [6.45, 7) is 3.99. The highest BCUT2D eigenvalue weighted by molar-refractivity contribution is 6.12. The van der Waals surface area contributed by atoms with Crippen LogP contribution in [0.1, 0.15) is 26.7 Å². The predicted octanol–water partition coefficient (Wildman–Crippen LogP) is 2.21. The van der Waals surface area contributed by atoms with Crippen molar-refractivity contribution in [3.63, 3.8) is 0 Å². The molecule has 6 nitrogen and oxygen atoms in total. The van der Waals surface area contributed by atoms with E-state index in [4.69, 9.17) is 0 Å². The van der Waals surface area contributed by atoms with E-state index in [0.29, 0.717) is 17.9 Å². The van der Waals surface area contributed by atoms with Crippen LogP contribution >= 0.6 is 0 Å². The van der Waals surface area contributed by atoms with Gasteiger partial charge in [0.15, 0.2) is 0 Å². The molecule has 1 heterocycles. The SMILES string of the molecule is CCCCN1C(=O)CN(c2ccc(NC(C)=O)cc2)C1=O. The molecule has 112 valence electrons. The third-order valence-corrected chi connectivity index (χ3v) is 3.29. The monoisotopic (exact) mass is 289 g/mol. The molecule has 1 aliphatic rings. The number of amides is 4. The zero-order valence-electron chi connectivity index (χ0n) is 12.3. The molecule has 1 aliphatic heterocycles. The number of carbonyl (C=O) groups is 3. The molecular formula is C15H19N3O3. The summed E-state index contributed by atoms with van der Waals surface area (Å²) in [5.41, 5.74) is 1.31. The lowest BCUT2D eigenvalue weighted by molar-refractivity contribution is -0.124. The van der Waals surface area contributed by atoms with Crippen LogP contribution in [-0.2, 0) is 9.59 Å². The number of imide groups is 1. The molecule has 0 atom stereocenters. The second kappa shape index (κ2) is 6.39. The molecule has 0 aliphatic carbocycles. The zero-order chi connectivity index (χ0) is 15.4. The molecule has 1 aromatic rings. The maximum absolute atomic E-state index is 12.2. The van der Waals surface area contributed by atoms with E-state index in [9.17, 15) is 14.4 Å². The summed E-state index contributed by atoms with van der Waals surface area (Å²) in [6, 6.07) is 6.59. The van der Waals surface area contributed by atoms with Crippen molar-refractivity contribution in [2.75, 3.05) is 23.3 Å². The predicted molar refractivity (Wildman–Crippen MR) is 80.1 cm³/mol. The summed E-state index contributed by atoms with van der Waals surface area (Å²) >= 11 is 0. The number of benzene rings is 1. The topological polar surface area (TPSA) is 69.7 Å². The second-order valence-electron chi connectivity index (χ2n) is 5.00. The van der Waals surface area contributed by atoms with Gasteiger partial charge in [0, 0.05) is 24.8 Å². The summed E-state index contributed by atoms with van der Waals surface area (Å²) in [5.74, 6) is -0.319. The van der Waals surface area contributed by atoms with Crippen LogP contribution in [0.5, 0.6) is 0 Å². The van der Waals surface area contributed by atoms with Gasteiger partial charge >= 0.3 is 6.03 Å². The average Bonchev–Trinajstić information content (AvgIpc) is 2.72. The first-order chi connectivity index (χ1) is 10.0. The van der Waals surface area contributed by atoms with Crippen LogP contribution < -0.4 is 10.2 Å². The summed E-state index contributed by atoms with van der Waals surface area (Å²) in [5, 5.41) is 2.66. The minimum atomic E-state index is -0.277. The van der Waals surface area contributed by atoms with E-state index in [2.05, 4.69) is 5.32 Å². The highest BCUT2D eigenvalue weighted by atomic mass is 16.2. The van der Waals surface area contributed by atoms with E-state index in [1.54, 1.807) is 24.3 Å². The lowest BCUT2D eigenvalue weighted by Crippen LogP contribution is -2.33. The minimum Gasteiger partial charge on any atom is -0.326 e. The van der Waals surface area contributed by atoms with E-state index in [1.807, 2.05) is 6.92 Å². The molecule has 0 aromatic heterocycles. The Balaban J connectivity index is 2.10. The summed E-state index contributed by atoms with van der Waals surface area (Å²) in [4.78, 5) is 37.9. The molecule has 0 bridgehead atoms. The van der Waals surface area contributed by atoms with Crippen LogP contribution in [0.3, 0.4) is 0 Å². The Morgan fingerprint density at radius 3 is 2.48 bits per heavy atom. The normalized spacial score (nSPS) is 14.8. The smallest absolute Gasteiger partial charge is 0.326 e. The van der Waals surface area contributed by atoms with Crippen molar-refractivity contribution in [3.8, 4) is 0 Å². The van der Waals surface area contributed by atoms with Crippen LogP contribution in [0, 0.1) is 0 Å². The number of nitrogens with one attached hydrogen (secondary N) is 1. The molecule has 2 rings (SSSR count). The number of unbranched alkanes of at least 4 members (excludes halogenated alkanes) is 1. The van der Waals surface area contributed by atoms with Gasteiger partial charge < -0.3 is 5.32 Å². The van der Waals surface area contributed by atoms with Gasteiger partial charge in [0.25, 0.3) is 5.91 Å². The Morgan fingerprint density at radius 1 is 1.24 bits per heavy atom. The van der Waals surface area contributed by atoms with E-state index >= 15 is 0 Å². The lowest BCUT2D eigenvalue weighted by atomic mass is 10.2. The first kappa shape index (κ1) is 15.0. The van der Waals surface area contributed by atoms with Crippen LogP contribution in [0.15, 0.2) is 24.3 Å². The molecule has 1 fully saturated rings. The van der Waals surface area contributed by atoms with Crippen molar-refractivity contribution in [1.29, 1.82) is 0 Å². The molecule has 21 heavy (non-hydrogen) atoms. The molecule has 1 aromatic carbocycles. The van der Waals surface area contributed by atoms with E-state index in [-0.39, 0.29) is 24.4 Å². The largest absolute Gasteiger partial charge is 0.331 e. The first-order valence-corrected chi connectivity index (χ1v) is 7.02. The zero-order valence-corrected chi connectivity index (χ0v) is 12.3. The number of nitrogens with zero attached hydrogens (tertiary/aromatic N) is 2. The van der Waals surface area contributed by atoms with Gasteiger partial charge in [-0.25, -0.2) is 4.79 Å². The molecule has 6 heteroatoms. The Hall–Kier alpha value is -2.37. The van der Waals surface area contributed by atoms with Crippen molar-refractivity contribution < 1.29 is 14.4 Å². The number of hydrogen-bond donors (Lipinski definition) is 1. The van der Waals surface area contributed by atoms with Gasteiger partial charge in [0.1, 0.15) is 6.54 Å². The van der Waals surface area contributed by atoms with Crippen molar-refractivity contribution >= 4 is 29.2 Å². The molecule has 0 spiro atoms. The van der Waals surface area contributed by atoms with Crippen molar-refractivity contribution in [2.24, 2.45) is 0 Å². The fraction of sp³-hybridized carbons (Fsp3) is 0.400. The highest BCUT2D eigenvalue weighted by Gasteiger charge is 2.36. The fourth-order valence-electron chi connectivity index (χ4n) is 2.21. The molecule has 0 saturated carbocycles. The quantitative estimate of drug-likeness (QED) is 0.845. The molecule has 4 amide bonds. The van der Waals surface area contributed by atoms with Gasteiger partial charge in [0.2, 0.25) is 5.91 Å². The Labute approximate surface area is 123 Å². The second-order valence-corrected chi connectivity index (χ2v) is 5.00. The van der Waals surface area contributed by atoms with Crippen LogP contribution in [-0.4, -0.2) is 35.8 Å². The fourth-order valence-corrected chi connectivity index (χ4v) is 2.21. The average molecular weight is 289 g/mol. The Kier molecular flexibility index (Phi) is 4.57. The van der Waals surface area contributed by atoms with Crippen molar-refractivity contribution in [1.82, 2.24) is 4.90 Å². The van der Waals surface area contributed by atoms with Gasteiger partial charge in [-0.15, -0.1) is 0 Å². The van der Waals surface area contributed by atoms with Crippen LogP contribution in [0.25, 0.3) is 0 Å². The van der Waals surface area contributed by atoms with E-state index < -0.39 is 0 Å². The van der Waals surface area contributed by atoms with Crippen LogP contribution in [0.2, 0.25) is 0 Å². The molecule has 0 unspecified atom stereocenters. The number of carbonyl (C=O) groups excluding carboxylic acids is 3. The number of hydrogen-bond acceptors (Lipinski definition) is 3. The maximum Gasteiger partial charge on any atom is 0.331 e.